The van der Waals surface area contributed by atoms with E-state index in [-0.39, 0.29) is 5.91 Å². The van der Waals surface area contributed by atoms with Crippen LogP contribution in [-0.4, -0.2) is 17.2 Å². The fraction of sp³-hybridized carbons (Fsp3) is 0.250. The largest absolute Gasteiger partial charge is 0.467 e. The first-order valence-corrected chi connectivity index (χ1v) is 7.27. The predicted octanol–water partition coefficient (Wildman–Crippen LogP) is 3.13. The van der Waals surface area contributed by atoms with Gasteiger partial charge in [0.15, 0.2) is 0 Å². The van der Waals surface area contributed by atoms with Gasteiger partial charge in [-0.25, -0.2) is 0 Å². The fourth-order valence-electron chi connectivity index (χ4n) is 2.27. The first-order chi connectivity index (χ1) is 10.6. The fourth-order valence-corrected chi connectivity index (χ4v) is 2.51. The Hall–Kier alpha value is -2.27. The van der Waals surface area contributed by atoms with Gasteiger partial charge in [-0.15, -0.1) is 0 Å². The van der Waals surface area contributed by atoms with Gasteiger partial charge in [0.05, 0.1) is 18.5 Å². The molecule has 5 nitrogen and oxygen atoms in total. The standard InChI is InChI=1S/C16H15ClN2O3/c1-16(15(20)18-10-11-5-4-8-21-11)9-14(19-22-16)12-6-2-3-7-13(12)17/h2-8H,9-10H2,1H3,(H,18,20)/t16-/m0/s1. The molecule has 3 rings (SSSR count). The molecule has 1 aliphatic rings. The van der Waals surface area contributed by atoms with Crippen molar-refractivity contribution in [2.24, 2.45) is 5.16 Å². The number of hydrogen-bond donors (Lipinski definition) is 1. The lowest BCUT2D eigenvalue weighted by atomic mass is 9.95. The Morgan fingerprint density at radius 3 is 2.91 bits per heavy atom. The molecule has 6 heteroatoms. The van der Waals surface area contributed by atoms with Crippen molar-refractivity contribution in [2.75, 3.05) is 0 Å². The molecule has 2 aromatic rings. The van der Waals surface area contributed by atoms with Crippen LogP contribution in [0.3, 0.4) is 0 Å². The molecular weight excluding hydrogens is 304 g/mol. The van der Waals surface area contributed by atoms with E-state index >= 15 is 0 Å². The number of halogens is 1. The van der Waals surface area contributed by atoms with Crippen molar-refractivity contribution >= 4 is 23.2 Å². The quantitative estimate of drug-likeness (QED) is 0.942. The lowest BCUT2D eigenvalue weighted by Crippen LogP contribution is -2.44. The summed E-state index contributed by atoms with van der Waals surface area (Å²) in [6.45, 7) is 2.02. The minimum atomic E-state index is -1.04. The molecule has 0 spiro atoms. The van der Waals surface area contributed by atoms with E-state index in [1.54, 1.807) is 31.4 Å². The van der Waals surface area contributed by atoms with Crippen molar-refractivity contribution in [2.45, 2.75) is 25.5 Å². The zero-order valence-corrected chi connectivity index (χ0v) is 12.8. The lowest BCUT2D eigenvalue weighted by Gasteiger charge is -2.20. The highest BCUT2D eigenvalue weighted by molar-refractivity contribution is 6.34. The van der Waals surface area contributed by atoms with Gasteiger partial charge in [-0.3, -0.25) is 4.79 Å². The Bertz CT molecular complexity index is 712. The molecule has 1 atom stereocenters. The summed E-state index contributed by atoms with van der Waals surface area (Å²) in [4.78, 5) is 17.7. The minimum Gasteiger partial charge on any atom is -0.467 e. The van der Waals surface area contributed by atoms with E-state index in [0.717, 1.165) is 5.56 Å². The first-order valence-electron chi connectivity index (χ1n) is 6.89. The molecule has 1 N–H and O–H groups in total. The molecule has 0 fully saturated rings. The molecule has 1 amide bonds. The zero-order chi connectivity index (χ0) is 15.6. The molecule has 0 radical (unpaired) electrons. The predicted molar refractivity (Wildman–Crippen MR) is 82.7 cm³/mol. The van der Waals surface area contributed by atoms with Gasteiger partial charge in [0, 0.05) is 17.0 Å². The maximum atomic E-state index is 12.3. The monoisotopic (exact) mass is 318 g/mol. The summed E-state index contributed by atoms with van der Waals surface area (Å²) in [5, 5.41) is 7.41. The second-order valence-corrected chi connectivity index (χ2v) is 5.69. The number of carbonyl (C=O) groups excluding carboxylic acids is 1. The van der Waals surface area contributed by atoms with E-state index in [1.165, 1.54) is 0 Å². The summed E-state index contributed by atoms with van der Waals surface area (Å²) in [6.07, 6.45) is 1.93. The van der Waals surface area contributed by atoms with Gasteiger partial charge in [0.2, 0.25) is 5.60 Å². The summed E-state index contributed by atoms with van der Waals surface area (Å²) >= 11 is 6.16. The summed E-state index contributed by atoms with van der Waals surface area (Å²) < 4.78 is 5.18. The van der Waals surface area contributed by atoms with E-state index in [9.17, 15) is 4.79 Å². The van der Waals surface area contributed by atoms with Crippen LogP contribution in [0.15, 0.2) is 52.2 Å². The number of furan rings is 1. The van der Waals surface area contributed by atoms with E-state index in [0.29, 0.717) is 29.5 Å². The maximum absolute atomic E-state index is 12.3. The van der Waals surface area contributed by atoms with Crippen LogP contribution >= 0.6 is 11.6 Å². The van der Waals surface area contributed by atoms with Gasteiger partial charge in [-0.05, 0) is 25.1 Å². The van der Waals surface area contributed by atoms with Crippen LogP contribution in [0.4, 0.5) is 0 Å². The van der Waals surface area contributed by atoms with E-state index < -0.39 is 5.60 Å². The number of carbonyl (C=O) groups is 1. The molecule has 2 heterocycles. The number of oxime groups is 1. The number of nitrogens with one attached hydrogen (secondary N) is 1. The second-order valence-electron chi connectivity index (χ2n) is 5.28. The Morgan fingerprint density at radius 1 is 1.36 bits per heavy atom. The molecule has 1 aromatic carbocycles. The summed E-state index contributed by atoms with van der Waals surface area (Å²) in [5.41, 5.74) is 0.411. The number of rotatable bonds is 4. The highest BCUT2D eigenvalue weighted by Gasteiger charge is 2.42. The van der Waals surface area contributed by atoms with Crippen LogP contribution in [0.25, 0.3) is 0 Å². The van der Waals surface area contributed by atoms with Gasteiger partial charge >= 0.3 is 0 Å². The van der Waals surface area contributed by atoms with Gasteiger partial charge < -0.3 is 14.6 Å². The van der Waals surface area contributed by atoms with Crippen LogP contribution in [0.2, 0.25) is 5.02 Å². The van der Waals surface area contributed by atoms with Gasteiger partial charge in [0.1, 0.15) is 5.76 Å². The Balaban J connectivity index is 1.66. The van der Waals surface area contributed by atoms with Crippen molar-refractivity contribution < 1.29 is 14.0 Å². The van der Waals surface area contributed by atoms with Crippen LogP contribution in [0.1, 0.15) is 24.7 Å². The Kier molecular flexibility index (Phi) is 3.90. The van der Waals surface area contributed by atoms with Crippen LogP contribution < -0.4 is 5.32 Å². The topological polar surface area (TPSA) is 63.8 Å². The SMILES string of the molecule is C[C@@]1(C(=O)NCc2ccco2)CC(c2ccccc2Cl)=NO1. The van der Waals surface area contributed by atoms with Crippen LogP contribution in [0, 0.1) is 0 Å². The number of benzene rings is 1. The highest BCUT2D eigenvalue weighted by Crippen LogP contribution is 2.29. The molecule has 1 aromatic heterocycles. The van der Waals surface area contributed by atoms with Gasteiger partial charge in [-0.1, -0.05) is 35.0 Å². The van der Waals surface area contributed by atoms with Crippen molar-refractivity contribution in [1.82, 2.24) is 5.32 Å². The smallest absolute Gasteiger partial charge is 0.267 e. The maximum Gasteiger partial charge on any atom is 0.267 e. The van der Waals surface area contributed by atoms with Crippen molar-refractivity contribution in [1.29, 1.82) is 0 Å². The molecular formula is C16H15ClN2O3. The Morgan fingerprint density at radius 2 is 2.18 bits per heavy atom. The zero-order valence-electron chi connectivity index (χ0n) is 12.0. The third-order valence-corrected chi connectivity index (χ3v) is 3.86. The molecule has 0 saturated carbocycles. The molecule has 0 unspecified atom stereocenters. The van der Waals surface area contributed by atoms with Gasteiger partial charge in [-0.2, -0.15) is 0 Å². The summed E-state index contributed by atoms with van der Waals surface area (Å²) in [7, 11) is 0. The molecule has 22 heavy (non-hydrogen) atoms. The van der Waals surface area contributed by atoms with Crippen LogP contribution in [0.5, 0.6) is 0 Å². The highest BCUT2D eigenvalue weighted by atomic mass is 35.5. The Labute approximate surface area is 132 Å². The number of nitrogens with zero attached hydrogens (tertiary/aromatic N) is 1. The molecule has 0 saturated heterocycles. The number of hydrogen-bond acceptors (Lipinski definition) is 4. The average molecular weight is 319 g/mol. The summed E-state index contributed by atoms with van der Waals surface area (Å²) in [5.74, 6) is 0.442. The van der Waals surface area contributed by atoms with Crippen molar-refractivity contribution in [3.63, 3.8) is 0 Å². The minimum absolute atomic E-state index is 0.241. The first kappa shape index (κ1) is 14.7. The van der Waals surface area contributed by atoms with E-state index in [4.69, 9.17) is 20.9 Å². The number of amides is 1. The normalized spacial score (nSPS) is 20.4. The third kappa shape index (κ3) is 2.85. The third-order valence-electron chi connectivity index (χ3n) is 3.53. The van der Waals surface area contributed by atoms with E-state index in [2.05, 4.69) is 10.5 Å². The van der Waals surface area contributed by atoms with Crippen molar-refractivity contribution in [3.05, 3.63) is 59.0 Å². The summed E-state index contributed by atoms with van der Waals surface area (Å²) in [6, 6.07) is 10.9. The lowest BCUT2D eigenvalue weighted by molar-refractivity contribution is -0.141. The molecule has 0 aliphatic carbocycles. The van der Waals surface area contributed by atoms with Crippen molar-refractivity contribution in [3.8, 4) is 0 Å². The second kappa shape index (κ2) is 5.85. The van der Waals surface area contributed by atoms with E-state index in [1.807, 2.05) is 18.2 Å². The molecule has 0 bridgehead atoms. The van der Waals surface area contributed by atoms with Crippen LogP contribution in [-0.2, 0) is 16.2 Å². The average Bonchev–Trinajstić information content (AvgIpc) is 3.16. The molecule has 114 valence electrons. The van der Waals surface area contributed by atoms with Gasteiger partial charge in [0.25, 0.3) is 5.91 Å². The molecule has 1 aliphatic heterocycles.